The minimum absolute atomic E-state index is 0.00192. The Morgan fingerprint density at radius 1 is 1.17 bits per heavy atom. The fourth-order valence-electron chi connectivity index (χ4n) is 3.96. The van der Waals surface area contributed by atoms with Crippen molar-refractivity contribution in [2.75, 3.05) is 36.9 Å². The van der Waals surface area contributed by atoms with Crippen molar-refractivity contribution in [3.63, 3.8) is 0 Å². The van der Waals surface area contributed by atoms with E-state index in [0.717, 1.165) is 32.4 Å². The maximum Gasteiger partial charge on any atom is 0.262 e. The number of hydrogen-bond acceptors (Lipinski definition) is 4. The molecule has 2 aliphatic heterocycles. The van der Waals surface area contributed by atoms with E-state index in [2.05, 4.69) is 46.7 Å². The van der Waals surface area contributed by atoms with Crippen LogP contribution in [0.2, 0.25) is 0 Å². The van der Waals surface area contributed by atoms with Crippen LogP contribution < -0.4 is 15.4 Å². The van der Waals surface area contributed by atoms with Gasteiger partial charge in [0.25, 0.3) is 5.91 Å². The lowest BCUT2D eigenvalue weighted by Crippen LogP contribution is -2.39. The molecule has 2 aromatic rings. The van der Waals surface area contributed by atoms with E-state index >= 15 is 0 Å². The van der Waals surface area contributed by atoms with E-state index in [1.807, 2.05) is 0 Å². The van der Waals surface area contributed by atoms with Crippen molar-refractivity contribution in [2.45, 2.75) is 26.2 Å². The molecular formula is C23H27N3O3. The van der Waals surface area contributed by atoms with Gasteiger partial charge in [0.2, 0.25) is 5.91 Å². The Morgan fingerprint density at radius 2 is 1.93 bits per heavy atom. The maximum absolute atomic E-state index is 12.4. The Kier molecular flexibility index (Phi) is 5.81. The Bertz CT molecular complexity index is 887. The fourth-order valence-corrected chi connectivity index (χ4v) is 3.96. The van der Waals surface area contributed by atoms with Crippen LogP contribution in [0.5, 0.6) is 5.75 Å². The molecule has 2 aromatic carbocycles. The molecule has 0 unspecified atom stereocenters. The van der Waals surface area contributed by atoms with Gasteiger partial charge in [-0.05, 0) is 62.9 Å². The van der Waals surface area contributed by atoms with E-state index in [-0.39, 0.29) is 18.4 Å². The summed E-state index contributed by atoms with van der Waals surface area (Å²) in [7, 11) is 0. The van der Waals surface area contributed by atoms with Gasteiger partial charge in [-0.25, -0.2) is 0 Å². The van der Waals surface area contributed by atoms with E-state index in [1.165, 1.54) is 11.1 Å². The van der Waals surface area contributed by atoms with Gasteiger partial charge in [0.1, 0.15) is 5.75 Å². The van der Waals surface area contributed by atoms with Crippen LogP contribution in [0.3, 0.4) is 0 Å². The zero-order valence-corrected chi connectivity index (χ0v) is 16.7. The summed E-state index contributed by atoms with van der Waals surface area (Å²) in [5.41, 5.74) is 4.01. The lowest BCUT2D eigenvalue weighted by Gasteiger charge is -2.31. The smallest absolute Gasteiger partial charge is 0.262 e. The van der Waals surface area contributed by atoms with Gasteiger partial charge >= 0.3 is 0 Å². The van der Waals surface area contributed by atoms with Gasteiger partial charge in [-0.15, -0.1) is 0 Å². The lowest BCUT2D eigenvalue weighted by molar-refractivity contribution is -0.119. The average molecular weight is 393 g/mol. The van der Waals surface area contributed by atoms with Crippen molar-refractivity contribution < 1.29 is 14.3 Å². The highest BCUT2D eigenvalue weighted by atomic mass is 16.5. The SMILES string of the molecule is Cc1ccc(CC2CCN(CC(=O)Nc3ccc4c(c3)OCC(=O)N4)CC2)cc1. The predicted molar refractivity (Wildman–Crippen MR) is 113 cm³/mol. The first-order valence-corrected chi connectivity index (χ1v) is 10.2. The topological polar surface area (TPSA) is 70.7 Å². The molecule has 2 aliphatic rings. The van der Waals surface area contributed by atoms with Crippen molar-refractivity contribution in [3.05, 3.63) is 53.6 Å². The molecule has 2 N–H and O–H groups in total. The summed E-state index contributed by atoms with van der Waals surface area (Å²) in [6.07, 6.45) is 3.35. The van der Waals surface area contributed by atoms with Gasteiger partial charge in [-0.1, -0.05) is 29.8 Å². The van der Waals surface area contributed by atoms with Gasteiger partial charge in [0.15, 0.2) is 6.61 Å². The highest BCUT2D eigenvalue weighted by molar-refractivity contribution is 5.97. The largest absolute Gasteiger partial charge is 0.482 e. The summed E-state index contributed by atoms with van der Waals surface area (Å²) in [6, 6.07) is 14.1. The summed E-state index contributed by atoms with van der Waals surface area (Å²) in [5, 5.41) is 5.68. The number of hydrogen-bond donors (Lipinski definition) is 2. The number of likely N-dealkylation sites (tertiary alicyclic amines) is 1. The van der Waals surface area contributed by atoms with Crippen molar-refractivity contribution in [3.8, 4) is 5.75 Å². The third-order valence-corrected chi connectivity index (χ3v) is 5.62. The van der Waals surface area contributed by atoms with E-state index in [4.69, 9.17) is 4.74 Å². The van der Waals surface area contributed by atoms with Crippen LogP contribution in [0.15, 0.2) is 42.5 Å². The molecule has 0 saturated carbocycles. The number of piperidine rings is 1. The number of aryl methyl sites for hydroxylation is 1. The lowest BCUT2D eigenvalue weighted by atomic mass is 9.90. The van der Waals surface area contributed by atoms with Crippen LogP contribution in [0, 0.1) is 12.8 Å². The number of benzene rings is 2. The molecule has 6 heteroatoms. The first kappa shape index (κ1) is 19.5. The number of carbonyl (C=O) groups is 2. The van der Waals surface area contributed by atoms with E-state index in [9.17, 15) is 9.59 Å². The summed E-state index contributed by atoms with van der Waals surface area (Å²) < 4.78 is 5.40. The summed E-state index contributed by atoms with van der Waals surface area (Å²) in [6.45, 7) is 4.41. The summed E-state index contributed by atoms with van der Waals surface area (Å²) in [4.78, 5) is 26.0. The van der Waals surface area contributed by atoms with E-state index < -0.39 is 0 Å². The number of nitrogens with zero attached hydrogens (tertiary/aromatic N) is 1. The van der Waals surface area contributed by atoms with Crippen molar-refractivity contribution >= 4 is 23.2 Å². The Labute approximate surface area is 171 Å². The monoisotopic (exact) mass is 393 g/mol. The molecule has 0 aliphatic carbocycles. The number of rotatable bonds is 5. The van der Waals surface area contributed by atoms with E-state index in [1.54, 1.807) is 18.2 Å². The highest BCUT2D eigenvalue weighted by Gasteiger charge is 2.22. The van der Waals surface area contributed by atoms with Gasteiger partial charge in [-0.3, -0.25) is 14.5 Å². The zero-order valence-electron chi connectivity index (χ0n) is 16.7. The third-order valence-electron chi connectivity index (χ3n) is 5.62. The second kappa shape index (κ2) is 8.66. The Balaban J connectivity index is 1.24. The van der Waals surface area contributed by atoms with Crippen LogP contribution in [0.1, 0.15) is 24.0 Å². The molecule has 0 atom stereocenters. The minimum atomic E-state index is -0.167. The second-order valence-corrected chi connectivity index (χ2v) is 8.01. The zero-order chi connectivity index (χ0) is 20.2. The van der Waals surface area contributed by atoms with Crippen LogP contribution >= 0.6 is 0 Å². The van der Waals surface area contributed by atoms with Gasteiger partial charge in [0, 0.05) is 11.8 Å². The molecule has 0 spiro atoms. The van der Waals surface area contributed by atoms with Gasteiger partial charge in [-0.2, -0.15) is 0 Å². The number of ether oxygens (including phenoxy) is 1. The number of carbonyl (C=O) groups excluding carboxylic acids is 2. The van der Waals surface area contributed by atoms with Crippen molar-refractivity contribution in [1.29, 1.82) is 0 Å². The number of amides is 2. The number of fused-ring (bicyclic) bond motifs is 1. The molecule has 1 saturated heterocycles. The second-order valence-electron chi connectivity index (χ2n) is 8.01. The van der Waals surface area contributed by atoms with Gasteiger partial charge in [0.05, 0.1) is 12.2 Å². The van der Waals surface area contributed by atoms with Crippen LogP contribution in [0.4, 0.5) is 11.4 Å². The maximum atomic E-state index is 12.4. The van der Waals surface area contributed by atoms with Crippen molar-refractivity contribution in [1.82, 2.24) is 4.90 Å². The first-order chi connectivity index (χ1) is 14.0. The normalized spacial score (nSPS) is 17.2. The standard InChI is InChI=1S/C23H27N3O3/c1-16-2-4-17(5-3-16)12-18-8-10-26(11-9-18)14-22(27)24-19-6-7-20-21(13-19)29-15-23(28)25-20/h2-7,13,18H,8-12,14-15H2,1H3,(H,24,27)(H,25,28). The minimum Gasteiger partial charge on any atom is -0.482 e. The molecule has 0 radical (unpaired) electrons. The molecule has 2 heterocycles. The van der Waals surface area contributed by atoms with Crippen LogP contribution in [-0.4, -0.2) is 43.0 Å². The van der Waals surface area contributed by atoms with E-state index in [0.29, 0.717) is 29.6 Å². The predicted octanol–water partition coefficient (Wildman–Crippen LogP) is 3.22. The van der Waals surface area contributed by atoms with Crippen LogP contribution in [0.25, 0.3) is 0 Å². The number of nitrogens with one attached hydrogen (secondary N) is 2. The quantitative estimate of drug-likeness (QED) is 0.818. The summed E-state index contributed by atoms with van der Waals surface area (Å²) in [5.74, 6) is 1.08. The molecule has 152 valence electrons. The molecule has 6 nitrogen and oxygen atoms in total. The van der Waals surface area contributed by atoms with Crippen LogP contribution in [-0.2, 0) is 16.0 Å². The Morgan fingerprint density at radius 3 is 2.69 bits per heavy atom. The van der Waals surface area contributed by atoms with Gasteiger partial charge < -0.3 is 15.4 Å². The fraction of sp³-hybridized carbons (Fsp3) is 0.391. The third kappa shape index (κ3) is 5.15. The molecule has 29 heavy (non-hydrogen) atoms. The molecule has 4 rings (SSSR count). The average Bonchev–Trinajstić information content (AvgIpc) is 2.71. The number of anilines is 2. The molecule has 2 amide bonds. The molecule has 0 aromatic heterocycles. The first-order valence-electron chi connectivity index (χ1n) is 10.2. The molecule has 1 fully saturated rings. The highest BCUT2D eigenvalue weighted by Crippen LogP contribution is 2.30. The summed E-state index contributed by atoms with van der Waals surface area (Å²) >= 11 is 0. The Hall–Kier alpha value is -2.86. The molecule has 0 bridgehead atoms. The van der Waals surface area contributed by atoms with Crippen molar-refractivity contribution in [2.24, 2.45) is 5.92 Å². The molecular weight excluding hydrogens is 366 g/mol.